The molecule has 0 saturated carbocycles. The summed E-state index contributed by atoms with van der Waals surface area (Å²) < 4.78 is 0.663. The maximum Gasteiger partial charge on any atom is 0.335 e. The summed E-state index contributed by atoms with van der Waals surface area (Å²) in [4.78, 5) is 24.9. The summed E-state index contributed by atoms with van der Waals surface area (Å²) in [5.74, 6) is -0.0551. The highest BCUT2D eigenvalue weighted by Crippen LogP contribution is 2.26. The molecule has 1 aromatic rings. The number of halogens is 1. The number of likely N-dealkylation sites (tertiary alicyclic amines) is 1. The van der Waals surface area contributed by atoms with Crippen LogP contribution >= 0.6 is 15.9 Å². The first-order valence-corrected chi connectivity index (χ1v) is 7.26. The van der Waals surface area contributed by atoms with Crippen molar-refractivity contribution in [1.82, 2.24) is 4.90 Å². The fourth-order valence-corrected chi connectivity index (χ4v) is 2.59. The van der Waals surface area contributed by atoms with Crippen molar-refractivity contribution in [3.8, 4) is 0 Å². The van der Waals surface area contributed by atoms with Crippen molar-refractivity contribution in [2.24, 2.45) is 11.8 Å². The van der Waals surface area contributed by atoms with Crippen molar-refractivity contribution in [3.05, 3.63) is 28.2 Å². The van der Waals surface area contributed by atoms with Gasteiger partial charge in [-0.1, -0.05) is 13.8 Å². The summed E-state index contributed by atoms with van der Waals surface area (Å²) in [5, 5.41) is 11.7. The number of carbonyl (C=O) groups excluding carboxylic acids is 1. The third kappa shape index (κ3) is 3.12. The lowest BCUT2D eigenvalue weighted by Crippen LogP contribution is -2.33. The minimum atomic E-state index is -1.02. The molecule has 108 valence electrons. The molecule has 2 rings (SSSR count). The first-order chi connectivity index (χ1) is 9.38. The Morgan fingerprint density at radius 2 is 1.90 bits per heavy atom. The van der Waals surface area contributed by atoms with E-state index in [1.54, 1.807) is 11.0 Å². The molecule has 1 heterocycles. The van der Waals surface area contributed by atoms with Crippen LogP contribution in [0.25, 0.3) is 0 Å². The molecule has 1 aromatic carbocycles. The normalized spacial score (nSPS) is 21.9. The standard InChI is InChI=1S/C14H17BrN2O3/c1-8-6-17(7-9(8)2)14(20)16-12-5-10(13(18)19)3-4-11(12)15/h3-5,8-9H,6-7H2,1-2H3,(H,16,20)(H,18,19). The minimum absolute atomic E-state index is 0.145. The number of aromatic carboxylic acids is 1. The Bertz CT molecular complexity index is 537. The van der Waals surface area contributed by atoms with Gasteiger partial charge in [0.2, 0.25) is 0 Å². The lowest BCUT2D eigenvalue weighted by molar-refractivity contribution is 0.0697. The first kappa shape index (κ1) is 14.8. The highest BCUT2D eigenvalue weighted by molar-refractivity contribution is 9.10. The lowest BCUT2D eigenvalue weighted by atomic mass is 10.0. The van der Waals surface area contributed by atoms with Gasteiger partial charge >= 0.3 is 12.0 Å². The minimum Gasteiger partial charge on any atom is -0.478 e. The van der Waals surface area contributed by atoms with E-state index in [-0.39, 0.29) is 11.6 Å². The van der Waals surface area contributed by atoms with Crippen LogP contribution in [0.4, 0.5) is 10.5 Å². The predicted molar refractivity (Wildman–Crippen MR) is 80.0 cm³/mol. The van der Waals surface area contributed by atoms with Crippen LogP contribution in [0.1, 0.15) is 24.2 Å². The Balaban J connectivity index is 2.12. The molecule has 2 amide bonds. The second-order valence-electron chi connectivity index (χ2n) is 5.29. The maximum atomic E-state index is 12.2. The zero-order chi connectivity index (χ0) is 14.9. The SMILES string of the molecule is CC1CN(C(=O)Nc2cc(C(=O)O)ccc2Br)CC1C. The average Bonchev–Trinajstić information content (AvgIpc) is 2.72. The van der Waals surface area contributed by atoms with E-state index in [1.165, 1.54) is 12.1 Å². The quantitative estimate of drug-likeness (QED) is 0.867. The van der Waals surface area contributed by atoms with Crippen LogP contribution in [0.2, 0.25) is 0 Å². The number of urea groups is 1. The summed E-state index contributed by atoms with van der Waals surface area (Å²) >= 11 is 3.31. The molecule has 0 spiro atoms. The van der Waals surface area contributed by atoms with Gasteiger partial charge in [0, 0.05) is 17.6 Å². The highest BCUT2D eigenvalue weighted by Gasteiger charge is 2.29. The highest BCUT2D eigenvalue weighted by atomic mass is 79.9. The van der Waals surface area contributed by atoms with Gasteiger partial charge in [-0.15, -0.1) is 0 Å². The number of nitrogens with one attached hydrogen (secondary N) is 1. The predicted octanol–water partition coefficient (Wildman–Crippen LogP) is 3.27. The fourth-order valence-electron chi connectivity index (χ4n) is 2.24. The van der Waals surface area contributed by atoms with Crippen molar-refractivity contribution < 1.29 is 14.7 Å². The Morgan fingerprint density at radius 3 is 2.45 bits per heavy atom. The van der Waals surface area contributed by atoms with E-state index < -0.39 is 5.97 Å². The summed E-state index contributed by atoms with van der Waals surface area (Å²) in [6, 6.07) is 4.37. The van der Waals surface area contributed by atoms with Gasteiger partial charge in [0.1, 0.15) is 0 Å². The van der Waals surface area contributed by atoms with Crippen LogP contribution in [0, 0.1) is 11.8 Å². The molecule has 1 aliphatic heterocycles. The molecule has 1 saturated heterocycles. The van der Waals surface area contributed by atoms with E-state index in [0.717, 1.165) is 13.1 Å². The molecule has 5 nitrogen and oxygen atoms in total. The van der Waals surface area contributed by atoms with Gasteiger partial charge < -0.3 is 15.3 Å². The lowest BCUT2D eigenvalue weighted by Gasteiger charge is -2.18. The molecule has 2 unspecified atom stereocenters. The van der Waals surface area contributed by atoms with E-state index in [0.29, 0.717) is 22.0 Å². The molecule has 2 N–H and O–H groups in total. The van der Waals surface area contributed by atoms with Gasteiger partial charge in [-0.05, 0) is 46.0 Å². The fraction of sp³-hybridized carbons (Fsp3) is 0.429. The van der Waals surface area contributed by atoms with E-state index in [2.05, 4.69) is 35.1 Å². The van der Waals surface area contributed by atoms with Crippen LogP contribution in [-0.2, 0) is 0 Å². The molecule has 0 bridgehead atoms. The smallest absolute Gasteiger partial charge is 0.335 e. The topological polar surface area (TPSA) is 69.6 Å². The molecule has 20 heavy (non-hydrogen) atoms. The van der Waals surface area contributed by atoms with Crippen LogP contribution in [0.5, 0.6) is 0 Å². The van der Waals surface area contributed by atoms with Gasteiger partial charge in [0.25, 0.3) is 0 Å². The van der Waals surface area contributed by atoms with E-state index >= 15 is 0 Å². The molecule has 6 heteroatoms. The second kappa shape index (κ2) is 5.83. The third-order valence-electron chi connectivity index (χ3n) is 3.73. The number of anilines is 1. The van der Waals surface area contributed by atoms with Crippen LogP contribution in [0.3, 0.4) is 0 Å². The molecule has 0 radical (unpaired) electrons. The van der Waals surface area contributed by atoms with Crippen LogP contribution < -0.4 is 5.32 Å². The number of rotatable bonds is 2. The first-order valence-electron chi connectivity index (χ1n) is 6.47. The molecule has 1 fully saturated rings. The Morgan fingerprint density at radius 1 is 1.30 bits per heavy atom. The average molecular weight is 341 g/mol. The largest absolute Gasteiger partial charge is 0.478 e. The number of hydrogen-bond acceptors (Lipinski definition) is 2. The van der Waals surface area contributed by atoms with E-state index in [1.807, 2.05) is 0 Å². The zero-order valence-electron chi connectivity index (χ0n) is 11.4. The van der Waals surface area contributed by atoms with E-state index in [4.69, 9.17) is 5.11 Å². The Kier molecular flexibility index (Phi) is 4.32. The van der Waals surface area contributed by atoms with Gasteiger partial charge in [-0.2, -0.15) is 0 Å². The monoisotopic (exact) mass is 340 g/mol. The summed E-state index contributed by atoms with van der Waals surface area (Å²) in [6.07, 6.45) is 0. The number of carboxylic acids is 1. The molecular weight excluding hydrogens is 324 g/mol. The number of hydrogen-bond donors (Lipinski definition) is 2. The van der Waals surface area contributed by atoms with Gasteiger partial charge in [-0.25, -0.2) is 9.59 Å². The van der Waals surface area contributed by atoms with Crippen molar-refractivity contribution in [1.29, 1.82) is 0 Å². The number of amides is 2. The Labute approximate surface area is 126 Å². The number of carbonyl (C=O) groups is 2. The van der Waals surface area contributed by atoms with Gasteiger partial charge in [0.15, 0.2) is 0 Å². The second-order valence-corrected chi connectivity index (χ2v) is 6.14. The van der Waals surface area contributed by atoms with Crippen molar-refractivity contribution in [3.63, 3.8) is 0 Å². The zero-order valence-corrected chi connectivity index (χ0v) is 13.0. The summed E-state index contributed by atoms with van der Waals surface area (Å²) in [7, 11) is 0. The molecular formula is C14H17BrN2O3. The maximum absolute atomic E-state index is 12.2. The van der Waals surface area contributed by atoms with Crippen LogP contribution in [0.15, 0.2) is 22.7 Å². The van der Waals surface area contributed by atoms with Crippen molar-refractivity contribution >= 4 is 33.6 Å². The summed E-state index contributed by atoms with van der Waals surface area (Å²) in [5.41, 5.74) is 0.619. The number of benzene rings is 1. The Hall–Kier alpha value is -1.56. The van der Waals surface area contributed by atoms with Gasteiger partial charge in [0.05, 0.1) is 11.3 Å². The third-order valence-corrected chi connectivity index (χ3v) is 4.42. The van der Waals surface area contributed by atoms with Crippen molar-refractivity contribution in [2.75, 3.05) is 18.4 Å². The molecule has 0 aromatic heterocycles. The number of nitrogens with zero attached hydrogens (tertiary/aromatic N) is 1. The number of carboxylic acid groups (broad SMARTS) is 1. The molecule has 1 aliphatic rings. The van der Waals surface area contributed by atoms with E-state index in [9.17, 15) is 9.59 Å². The molecule has 2 atom stereocenters. The molecule has 0 aliphatic carbocycles. The van der Waals surface area contributed by atoms with Gasteiger partial charge in [-0.3, -0.25) is 0 Å². The van der Waals surface area contributed by atoms with Crippen molar-refractivity contribution in [2.45, 2.75) is 13.8 Å². The summed E-state index contributed by atoms with van der Waals surface area (Å²) in [6.45, 7) is 5.70. The van der Waals surface area contributed by atoms with Crippen LogP contribution in [-0.4, -0.2) is 35.1 Å².